The van der Waals surface area contributed by atoms with Crippen molar-refractivity contribution >= 4 is 7.60 Å². The second-order valence-electron chi connectivity index (χ2n) is 4.90. The molecule has 2 rings (SSSR count). The summed E-state index contributed by atoms with van der Waals surface area (Å²) in [7, 11) is -0.679. The minimum atomic E-state index is -3.24. The summed E-state index contributed by atoms with van der Waals surface area (Å²) in [6.07, 6.45) is 0.753. The maximum Gasteiger partial charge on any atom is 0.355 e. The van der Waals surface area contributed by atoms with Crippen molar-refractivity contribution < 1.29 is 23.1 Å². The van der Waals surface area contributed by atoms with Crippen LogP contribution in [0.5, 0.6) is 0 Å². The van der Waals surface area contributed by atoms with E-state index in [1.54, 1.807) is 6.92 Å². The highest BCUT2D eigenvalue weighted by Gasteiger charge is 2.31. The predicted octanol–water partition coefficient (Wildman–Crippen LogP) is 0.593. The molecule has 0 amide bonds. The van der Waals surface area contributed by atoms with Crippen LogP contribution < -0.4 is 11.2 Å². The van der Waals surface area contributed by atoms with Gasteiger partial charge >= 0.3 is 13.3 Å². The minimum Gasteiger partial charge on any atom is -0.363 e. The van der Waals surface area contributed by atoms with Crippen LogP contribution in [0.2, 0.25) is 0 Å². The van der Waals surface area contributed by atoms with E-state index in [0.29, 0.717) is 12.0 Å². The van der Waals surface area contributed by atoms with Crippen LogP contribution in [0.15, 0.2) is 15.8 Å². The second kappa shape index (κ2) is 6.89. The van der Waals surface area contributed by atoms with Gasteiger partial charge in [-0.05, 0) is 6.92 Å². The predicted molar refractivity (Wildman–Crippen MR) is 77.0 cm³/mol. The molecule has 0 spiro atoms. The number of aromatic nitrogens is 2. The standard InChI is InChI=1S/C12H19N2O7P/c1-8-5-14(12(16)13-11(8)15)10-4-9(6-20-10)21-7-22(17,18-2)19-3/h5,9-10H,4,6-7H2,1-3H3,(H,13,15,16). The molecule has 2 unspecified atom stereocenters. The Balaban J connectivity index is 2.02. The first-order valence-corrected chi connectivity index (χ1v) is 8.37. The molecule has 1 aromatic heterocycles. The highest BCUT2D eigenvalue weighted by molar-refractivity contribution is 7.53. The van der Waals surface area contributed by atoms with Crippen molar-refractivity contribution in [1.82, 2.24) is 9.55 Å². The Morgan fingerprint density at radius 3 is 2.73 bits per heavy atom. The maximum atomic E-state index is 11.9. The fourth-order valence-corrected chi connectivity index (χ4v) is 2.82. The summed E-state index contributed by atoms with van der Waals surface area (Å²) >= 11 is 0. The summed E-state index contributed by atoms with van der Waals surface area (Å²) in [6, 6.07) is 0. The van der Waals surface area contributed by atoms with Crippen molar-refractivity contribution in [3.05, 3.63) is 32.6 Å². The van der Waals surface area contributed by atoms with E-state index in [2.05, 4.69) is 4.98 Å². The number of hydrogen-bond acceptors (Lipinski definition) is 7. The normalized spacial score (nSPS) is 22.1. The van der Waals surface area contributed by atoms with Crippen molar-refractivity contribution in [2.24, 2.45) is 0 Å². The number of nitrogens with one attached hydrogen (secondary N) is 1. The molecule has 2 atom stereocenters. The average molecular weight is 334 g/mol. The molecule has 1 saturated heterocycles. The van der Waals surface area contributed by atoms with Gasteiger partial charge in [-0.25, -0.2) is 4.79 Å². The molecule has 10 heteroatoms. The highest BCUT2D eigenvalue weighted by Crippen LogP contribution is 2.46. The molecule has 1 aromatic rings. The first-order valence-electron chi connectivity index (χ1n) is 6.64. The number of nitrogens with zero attached hydrogens (tertiary/aromatic N) is 1. The summed E-state index contributed by atoms with van der Waals surface area (Å²) in [5.41, 5.74) is -0.551. The Kier molecular flexibility index (Phi) is 5.36. The smallest absolute Gasteiger partial charge is 0.355 e. The third-order valence-corrected chi connectivity index (χ3v) is 5.00. The summed E-state index contributed by atoms with van der Waals surface area (Å²) in [5.74, 6) is 0. The third-order valence-electron chi connectivity index (χ3n) is 3.42. The number of ether oxygens (including phenoxy) is 2. The summed E-state index contributed by atoms with van der Waals surface area (Å²) in [6.45, 7) is 1.84. The number of aromatic amines is 1. The van der Waals surface area contributed by atoms with E-state index in [1.807, 2.05) is 0 Å². The highest BCUT2D eigenvalue weighted by atomic mass is 31.2. The quantitative estimate of drug-likeness (QED) is 0.758. The number of H-pyrrole nitrogens is 1. The number of rotatable bonds is 6. The Labute approximate surface area is 126 Å². The first kappa shape index (κ1) is 17.1. The van der Waals surface area contributed by atoms with Crippen LogP contribution >= 0.6 is 7.60 Å². The fourth-order valence-electron chi connectivity index (χ4n) is 2.07. The van der Waals surface area contributed by atoms with Gasteiger partial charge < -0.3 is 18.5 Å². The Bertz CT molecular complexity index is 675. The number of aryl methyl sites for hydroxylation is 1. The zero-order valence-electron chi connectivity index (χ0n) is 12.6. The Morgan fingerprint density at radius 1 is 1.41 bits per heavy atom. The largest absolute Gasteiger partial charge is 0.363 e. The van der Waals surface area contributed by atoms with Gasteiger partial charge in [-0.2, -0.15) is 0 Å². The third kappa shape index (κ3) is 3.74. The van der Waals surface area contributed by atoms with E-state index < -0.39 is 25.1 Å². The van der Waals surface area contributed by atoms with Gasteiger partial charge in [0.05, 0.1) is 12.7 Å². The van der Waals surface area contributed by atoms with Gasteiger partial charge in [0.25, 0.3) is 5.56 Å². The lowest BCUT2D eigenvalue weighted by molar-refractivity contribution is 0.0315. The van der Waals surface area contributed by atoms with E-state index in [4.69, 9.17) is 18.5 Å². The van der Waals surface area contributed by atoms with Gasteiger partial charge in [0.2, 0.25) is 0 Å². The van der Waals surface area contributed by atoms with Crippen molar-refractivity contribution in [2.45, 2.75) is 25.7 Å². The zero-order valence-corrected chi connectivity index (χ0v) is 13.5. The van der Waals surface area contributed by atoms with Crippen LogP contribution in [-0.4, -0.2) is 42.8 Å². The van der Waals surface area contributed by atoms with Crippen LogP contribution in [0.25, 0.3) is 0 Å². The molecule has 0 aromatic carbocycles. The molecule has 1 fully saturated rings. The SMILES string of the molecule is COP(=O)(COC1COC(n2cc(C)c(=O)[nH]c2=O)C1)OC. The van der Waals surface area contributed by atoms with Crippen molar-refractivity contribution in [3.63, 3.8) is 0 Å². The molecule has 22 heavy (non-hydrogen) atoms. The molecule has 0 aliphatic carbocycles. The van der Waals surface area contributed by atoms with Crippen LogP contribution in [0, 0.1) is 6.92 Å². The van der Waals surface area contributed by atoms with Crippen LogP contribution in [-0.2, 0) is 23.1 Å². The summed E-state index contributed by atoms with van der Waals surface area (Å²) in [4.78, 5) is 25.4. The van der Waals surface area contributed by atoms with Crippen LogP contribution in [0.4, 0.5) is 0 Å². The fraction of sp³-hybridized carbons (Fsp3) is 0.667. The van der Waals surface area contributed by atoms with E-state index in [1.165, 1.54) is 25.0 Å². The van der Waals surface area contributed by atoms with Gasteiger partial charge in [-0.15, -0.1) is 0 Å². The van der Waals surface area contributed by atoms with Crippen molar-refractivity contribution in [2.75, 3.05) is 27.2 Å². The maximum absolute atomic E-state index is 11.9. The van der Waals surface area contributed by atoms with Crippen LogP contribution in [0.1, 0.15) is 18.2 Å². The number of hydrogen-bond donors (Lipinski definition) is 1. The first-order chi connectivity index (χ1) is 10.4. The van der Waals surface area contributed by atoms with Gasteiger partial charge in [0.15, 0.2) is 0 Å². The molecule has 0 bridgehead atoms. The van der Waals surface area contributed by atoms with Gasteiger partial charge in [-0.3, -0.25) is 18.9 Å². The summed E-state index contributed by atoms with van der Waals surface area (Å²) < 4.78 is 33.7. The molecular formula is C12H19N2O7P. The molecular weight excluding hydrogens is 315 g/mol. The van der Waals surface area contributed by atoms with E-state index in [9.17, 15) is 14.2 Å². The second-order valence-corrected chi connectivity index (χ2v) is 7.11. The molecule has 2 heterocycles. The van der Waals surface area contributed by atoms with Gasteiger partial charge in [0, 0.05) is 32.4 Å². The minimum absolute atomic E-state index is 0.194. The molecule has 0 saturated carbocycles. The molecule has 1 aliphatic rings. The summed E-state index contributed by atoms with van der Waals surface area (Å²) in [5, 5.41) is 0. The van der Waals surface area contributed by atoms with E-state index in [0.717, 1.165) is 0 Å². The molecule has 1 aliphatic heterocycles. The monoisotopic (exact) mass is 334 g/mol. The molecule has 0 radical (unpaired) electrons. The molecule has 1 N–H and O–H groups in total. The van der Waals surface area contributed by atoms with E-state index in [-0.39, 0.29) is 19.1 Å². The lowest BCUT2D eigenvalue weighted by Crippen LogP contribution is -2.33. The van der Waals surface area contributed by atoms with Gasteiger partial charge in [-0.1, -0.05) is 0 Å². The van der Waals surface area contributed by atoms with Crippen LogP contribution in [0.3, 0.4) is 0 Å². The lowest BCUT2D eigenvalue weighted by Gasteiger charge is -2.16. The lowest BCUT2D eigenvalue weighted by atomic mass is 10.3. The topological polar surface area (TPSA) is 109 Å². The Hall–Kier alpha value is -1.25. The van der Waals surface area contributed by atoms with Crippen molar-refractivity contribution in [1.29, 1.82) is 0 Å². The molecule has 9 nitrogen and oxygen atoms in total. The van der Waals surface area contributed by atoms with Crippen molar-refractivity contribution in [3.8, 4) is 0 Å². The average Bonchev–Trinajstić information content (AvgIpc) is 2.97. The molecule has 124 valence electrons. The van der Waals surface area contributed by atoms with E-state index >= 15 is 0 Å². The zero-order chi connectivity index (χ0) is 16.3. The Morgan fingerprint density at radius 2 is 2.09 bits per heavy atom. The van der Waals surface area contributed by atoms with Gasteiger partial charge in [0.1, 0.15) is 12.6 Å².